The van der Waals surface area contributed by atoms with Crippen molar-refractivity contribution in [3.8, 4) is 0 Å². The van der Waals surface area contributed by atoms with E-state index in [2.05, 4.69) is 64.2 Å². The minimum atomic E-state index is 0.0190. The second-order valence-electron chi connectivity index (χ2n) is 7.56. The summed E-state index contributed by atoms with van der Waals surface area (Å²) in [5.41, 5.74) is 3.02. The molecule has 6 heteroatoms. The summed E-state index contributed by atoms with van der Waals surface area (Å²) in [5, 5.41) is 6.70. The molecule has 0 heterocycles. The second kappa shape index (κ2) is 12.0. The number of guanidine groups is 1. The van der Waals surface area contributed by atoms with Crippen molar-refractivity contribution in [2.24, 2.45) is 4.99 Å². The molecule has 1 amide bonds. The molecule has 0 bridgehead atoms. The fraction of sp³-hybridized carbons (Fsp3) is 0.231. The van der Waals surface area contributed by atoms with Crippen LogP contribution < -0.4 is 10.6 Å². The lowest BCUT2D eigenvalue weighted by Crippen LogP contribution is -2.37. The summed E-state index contributed by atoms with van der Waals surface area (Å²) in [4.78, 5) is 20.5. The number of nitrogens with zero attached hydrogens (tertiary/aromatic N) is 2. The van der Waals surface area contributed by atoms with Crippen molar-refractivity contribution in [2.75, 3.05) is 27.7 Å². The summed E-state index contributed by atoms with van der Waals surface area (Å²) in [5.74, 6) is 0.777. The Kier molecular flexibility index (Phi) is 8.75. The predicted octanol–water partition coefficient (Wildman–Crippen LogP) is 4.45. The van der Waals surface area contributed by atoms with Crippen LogP contribution in [-0.4, -0.2) is 44.5 Å². The Morgan fingerprint density at radius 1 is 0.875 bits per heavy atom. The van der Waals surface area contributed by atoms with E-state index in [9.17, 15) is 4.79 Å². The molecule has 3 aromatic rings. The SMILES string of the molecule is CN=C(NCCc1cccc(C(=O)N(C)C)c1)NCc1ccc(Sc2ccccc2)cc1. The van der Waals surface area contributed by atoms with Crippen molar-refractivity contribution < 1.29 is 4.79 Å². The molecule has 0 radical (unpaired) electrons. The van der Waals surface area contributed by atoms with E-state index in [1.807, 2.05) is 30.3 Å². The molecule has 166 valence electrons. The van der Waals surface area contributed by atoms with Gasteiger partial charge in [0, 0.05) is 49.6 Å². The summed E-state index contributed by atoms with van der Waals surface area (Å²) in [6, 6.07) is 26.7. The molecule has 0 aliphatic carbocycles. The molecular formula is C26H30N4OS. The molecule has 0 fully saturated rings. The number of aliphatic imine (C=N–C) groups is 1. The molecule has 3 rings (SSSR count). The van der Waals surface area contributed by atoms with Gasteiger partial charge in [-0.1, -0.05) is 54.2 Å². The fourth-order valence-corrected chi connectivity index (χ4v) is 3.99. The molecule has 32 heavy (non-hydrogen) atoms. The minimum absolute atomic E-state index is 0.0190. The lowest BCUT2D eigenvalue weighted by Gasteiger charge is -2.13. The van der Waals surface area contributed by atoms with E-state index in [0.29, 0.717) is 12.1 Å². The van der Waals surface area contributed by atoms with E-state index in [1.54, 1.807) is 37.8 Å². The third-order valence-electron chi connectivity index (χ3n) is 4.87. The summed E-state index contributed by atoms with van der Waals surface area (Å²) in [7, 11) is 5.30. The highest BCUT2D eigenvalue weighted by Crippen LogP contribution is 2.27. The van der Waals surface area contributed by atoms with Crippen LogP contribution in [0, 0.1) is 0 Å². The normalized spacial score (nSPS) is 11.2. The van der Waals surface area contributed by atoms with Crippen molar-refractivity contribution in [1.82, 2.24) is 15.5 Å². The lowest BCUT2D eigenvalue weighted by atomic mass is 10.1. The third-order valence-corrected chi connectivity index (χ3v) is 5.89. The zero-order chi connectivity index (χ0) is 22.8. The van der Waals surface area contributed by atoms with Gasteiger partial charge in [0.25, 0.3) is 5.91 Å². The van der Waals surface area contributed by atoms with Gasteiger partial charge in [-0.25, -0.2) is 0 Å². The average Bonchev–Trinajstić information content (AvgIpc) is 2.82. The van der Waals surface area contributed by atoms with Crippen LogP contribution in [0.1, 0.15) is 21.5 Å². The van der Waals surface area contributed by atoms with Crippen LogP contribution in [0.5, 0.6) is 0 Å². The molecule has 0 saturated heterocycles. The Bertz CT molecular complexity index is 1030. The van der Waals surface area contributed by atoms with Crippen molar-refractivity contribution in [1.29, 1.82) is 0 Å². The molecule has 0 aliphatic rings. The molecular weight excluding hydrogens is 416 g/mol. The Hall–Kier alpha value is -3.25. The van der Waals surface area contributed by atoms with Crippen LogP contribution in [0.2, 0.25) is 0 Å². The van der Waals surface area contributed by atoms with Crippen molar-refractivity contribution in [3.63, 3.8) is 0 Å². The maximum atomic E-state index is 12.1. The number of hydrogen-bond donors (Lipinski definition) is 2. The summed E-state index contributed by atoms with van der Waals surface area (Å²) < 4.78 is 0. The van der Waals surface area contributed by atoms with Crippen molar-refractivity contribution in [2.45, 2.75) is 22.8 Å². The highest BCUT2D eigenvalue weighted by Gasteiger charge is 2.08. The predicted molar refractivity (Wildman–Crippen MR) is 133 cm³/mol. The first-order chi connectivity index (χ1) is 15.5. The zero-order valence-corrected chi connectivity index (χ0v) is 19.7. The van der Waals surface area contributed by atoms with Gasteiger partial charge in [-0.2, -0.15) is 0 Å². The van der Waals surface area contributed by atoms with Gasteiger partial charge in [-0.3, -0.25) is 9.79 Å². The number of rotatable bonds is 8. The number of hydrogen-bond acceptors (Lipinski definition) is 3. The van der Waals surface area contributed by atoms with E-state index in [1.165, 1.54) is 15.4 Å². The third kappa shape index (κ3) is 7.17. The number of nitrogens with one attached hydrogen (secondary N) is 2. The minimum Gasteiger partial charge on any atom is -0.356 e. The van der Waals surface area contributed by atoms with Gasteiger partial charge >= 0.3 is 0 Å². The summed E-state index contributed by atoms with van der Waals surface area (Å²) in [6.45, 7) is 1.43. The number of carbonyl (C=O) groups excluding carboxylic acids is 1. The maximum Gasteiger partial charge on any atom is 0.253 e. The van der Waals surface area contributed by atoms with Crippen LogP contribution in [0.4, 0.5) is 0 Å². The van der Waals surface area contributed by atoms with E-state index < -0.39 is 0 Å². The zero-order valence-electron chi connectivity index (χ0n) is 18.8. The number of benzene rings is 3. The van der Waals surface area contributed by atoms with E-state index in [4.69, 9.17) is 0 Å². The second-order valence-corrected chi connectivity index (χ2v) is 8.71. The van der Waals surface area contributed by atoms with Crippen LogP contribution in [0.15, 0.2) is 93.6 Å². The number of carbonyl (C=O) groups is 1. The topological polar surface area (TPSA) is 56.7 Å². The first-order valence-corrected chi connectivity index (χ1v) is 11.4. The molecule has 3 aromatic carbocycles. The maximum absolute atomic E-state index is 12.1. The van der Waals surface area contributed by atoms with Gasteiger partial charge in [0.1, 0.15) is 0 Å². The largest absolute Gasteiger partial charge is 0.356 e. The van der Waals surface area contributed by atoms with Crippen molar-refractivity contribution >= 4 is 23.6 Å². The summed E-state index contributed by atoms with van der Waals surface area (Å²) in [6.07, 6.45) is 0.806. The van der Waals surface area contributed by atoms with Crippen LogP contribution in [0.3, 0.4) is 0 Å². The highest BCUT2D eigenvalue weighted by molar-refractivity contribution is 7.99. The van der Waals surface area contributed by atoms with Gasteiger partial charge < -0.3 is 15.5 Å². The molecule has 0 aliphatic heterocycles. The average molecular weight is 447 g/mol. The Balaban J connectivity index is 1.45. The van der Waals surface area contributed by atoms with Gasteiger partial charge in [0.15, 0.2) is 5.96 Å². The van der Waals surface area contributed by atoms with Gasteiger partial charge in [-0.15, -0.1) is 0 Å². The van der Waals surface area contributed by atoms with Crippen molar-refractivity contribution in [3.05, 3.63) is 95.6 Å². The quantitative estimate of drug-likeness (QED) is 0.397. The lowest BCUT2D eigenvalue weighted by molar-refractivity contribution is 0.0827. The van der Waals surface area contributed by atoms with Crippen LogP contribution in [0.25, 0.3) is 0 Å². The molecule has 0 spiro atoms. The van der Waals surface area contributed by atoms with Gasteiger partial charge in [0.2, 0.25) is 0 Å². The van der Waals surface area contributed by atoms with Gasteiger partial charge in [0.05, 0.1) is 0 Å². The Morgan fingerprint density at radius 3 is 2.28 bits per heavy atom. The molecule has 0 atom stereocenters. The smallest absolute Gasteiger partial charge is 0.253 e. The molecule has 5 nitrogen and oxygen atoms in total. The molecule has 0 aromatic heterocycles. The van der Waals surface area contributed by atoms with Crippen LogP contribution in [-0.2, 0) is 13.0 Å². The van der Waals surface area contributed by atoms with Crippen LogP contribution >= 0.6 is 11.8 Å². The molecule has 0 saturated carbocycles. The van der Waals surface area contributed by atoms with E-state index in [-0.39, 0.29) is 5.91 Å². The van der Waals surface area contributed by atoms with Gasteiger partial charge in [-0.05, 0) is 53.9 Å². The number of amides is 1. The highest BCUT2D eigenvalue weighted by atomic mass is 32.2. The summed E-state index contributed by atoms with van der Waals surface area (Å²) >= 11 is 1.76. The Labute approximate surface area is 195 Å². The first-order valence-electron chi connectivity index (χ1n) is 10.6. The standard InChI is InChI=1S/C26H30N4OS/c1-27-26(28-17-16-20-8-7-9-22(18-20)25(31)30(2)3)29-19-21-12-14-24(15-13-21)32-23-10-5-4-6-11-23/h4-15,18H,16-17,19H2,1-3H3,(H2,27,28,29). The first kappa shape index (κ1) is 23.4. The van der Waals surface area contributed by atoms with E-state index >= 15 is 0 Å². The molecule has 2 N–H and O–H groups in total. The van der Waals surface area contributed by atoms with E-state index in [0.717, 1.165) is 24.5 Å². The monoisotopic (exact) mass is 446 g/mol. The Morgan fingerprint density at radius 2 is 1.59 bits per heavy atom. The fourth-order valence-electron chi connectivity index (χ4n) is 3.15. The molecule has 0 unspecified atom stereocenters.